The number of likely N-dealkylation sites (N-methyl/N-ethyl adjacent to an activating group) is 1. The van der Waals surface area contributed by atoms with Crippen LogP contribution in [0.15, 0.2) is 18.2 Å². The van der Waals surface area contributed by atoms with E-state index < -0.39 is 61.0 Å². The second-order valence-electron chi connectivity index (χ2n) is 11.8. The molecule has 0 aliphatic carbocycles. The second-order valence-corrected chi connectivity index (χ2v) is 11.8. The molecule has 0 saturated carbocycles. The monoisotopic (exact) mass is 712 g/mol. The Bertz CT molecular complexity index is 1710. The number of carbonyl (C=O) groups is 7. The summed E-state index contributed by atoms with van der Waals surface area (Å²) in [6.45, 7) is 14.2. The number of carbonyl (C=O) groups excluding carboxylic acids is 6. The van der Waals surface area contributed by atoms with E-state index in [2.05, 4.69) is 39.1 Å². The van der Waals surface area contributed by atoms with Crippen molar-refractivity contribution in [1.29, 1.82) is 0 Å². The van der Waals surface area contributed by atoms with Gasteiger partial charge in [0.25, 0.3) is 11.8 Å². The van der Waals surface area contributed by atoms with Gasteiger partial charge in [-0.25, -0.2) is 14.4 Å². The molecular formula is C35H44N4O12. The summed E-state index contributed by atoms with van der Waals surface area (Å²) in [5.74, 6) is -5.78. The van der Waals surface area contributed by atoms with Crippen LogP contribution in [0.2, 0.25) is 0 Å². The SMILES string of the molecule is CCN(CC)CCNC(=O)c1c(C)[nH]c(/C=C2\C(=O)Nc3ccc(OC(=O)CCC(=O)O[C@@H](C)C(=O)O[C@H](C)C(=O)O[C@H](C)C(=O)O)cc32)c1C. The van der Waals surface area contributed by atoms with E-state index in [0.717, 1.165) is 33.5 Å². The van der Waals surface area contributed by atoms with E-state index in [0.29, 0.717) is 40.3 Å². The van der Waals surface area contributed by atoms with E-state index in [1.165, 1.54) is 19.1 Å². The third-order valence-electron chi connectivity index (χ3n) is 8.04. The molecule has 16 nitrogen and oxygen atoms in total. The number of aliphatic carboxylic acids is 1. The van der Waals surface area contributed by atoms with E-state index in [4.69, 9.17) is 19.3 Å². The highest BCUT2D eigenvalue weighted by molar-refractivity contribution is 6.35. The van der Waals surface area contributed by atoms with Crippen LogP contribution in [0.25, 0.3) is 11.6 Å². The van der Waals surface area contributed by atoms with Gasteiger partial charge in [-0.2, -0.15) is 0 Å². The highest BCUT2D eigenvalue weighted by Crippen LogP contribution is 2.36. The minimum atomic E-state index is -1.46. The number of nitrogens with zero attached hydrogens (tertiary/aromatic N) is 1. The van der Waals surface area contributed by atoms with Crippen LogP contribution < -0.4 is 15.4 Å². The van der Waals surface area contributed by atoms with Gasteiger partial charge in [0.2, 0.25) is 0 Å². The molecule has 4 N–H and O–H groups in total. The number of ether oxygens (including phenoxy) is 4. The van der Waals surface area contributed by atoms with Gasteiger partial charge >= 0.3 is 29.8 Å². The molecule has 0 unspecified atom stereocenters. The van der Waals surface area contributed by atoms with E-state index in [1.54, 1.807) is 26.0 Å². The lowest BCUT2D eigenvalue weighted by Gasteiger charge is -2.18. The Morgan fingerprint density at radius 1 is 0.902 bits per heavy atom. The largest absolute Gasteiger partial charge is 0.479 e. The second kappa shape index (κ2) is 17.9. The van der Waals surface area contributed by atoms with Gasteiger partial charge in [-0.05, 0) is 77.5 Å². The fraction of sp³-hybridized carbons (Fsp3) is 0.457. The summed E-state index contributed by atoms with van der Waals surface area (Å²) in [6.07, 6.45) is -3.59. The van der Waals surface area contributed by atoms with E-state index in [9.17, 15) is 33.6 Å². The number of hydrogen-bond donors (Lipinski definition) is 4. The predicted octanol–water partition coefficient (Wildman–Crippen LogP) is 2.76. The number of anilines is 1. The first-order valence-corrected chi connectivity index (χ1v) is 16.5. The molecule has 2 amide bonds. The quantitative estimate of drug-likeness (QED) is 0.0803. The van der Waals surface area contributed by atoms with Crippen molar-refractivity contribution in [2.45, 2.75) is 79.6 Å². The number of aromatic nitrogens is 1. The fourth-order valence-electron chi connectivity index (χ4n) is 5.06. The summed E-state index contributed by atoms with van der Waals surface area (Å²) in [4.78, 5) is 91.1. The molecule has 1 aliphatic rings. The van der Waals surface area contributed by atoms with Crippen LogP contribution in [0.5, 0.6) is 5.75 Å². The smallest absolute Gasteiger partial charge is 0.347 e. The standard InChI is InChI=1S/C35H44N4O12/c1-8-39(9-2)15-14-36-32(43)30-18(3)27(37-19(30)4)17-25-24-16-23(10-11-26(24)38-31(25)42)51-29(41)13-12-28(40)48-21(6)34(46)50-22(7)35(47)49-20(5)33(44)45/h10-11,16-17,20-22,37H,8-9,12-15H2,1-7H3,(H,36,43)(H,38,42)(H,44,45)/b25-17-/t20-,21+,22-/m1/s1. The summed E-state index contributed by atoms with van der Waals surface area (Å²) in [5, 5.41) is 14.5. The van der Waals surface area contributed by atoms with Crippen molar-refractivity contribution in [3.05, 3.63) is 46.3 Å². The number of aromatic amines is 1. The molecule has 1 aliphatic heterocycles. The number of nitrogens with one attached hydrogen (secondary N) is 3. The normalized spacial score (nSPS) is 14.6. The van der Waals surface area contributed by atoms with Crippen LogP contribution in [0.3, 0.4) is 0 Å². The van der Waals surface area contributed by atoms with Crippen molar-refractivity contribution in [1.82, 2.24) is 15.2 Å². The zero-order chi connectivity index (χ0) is 38.0. The van der Waals surface area contributed by atoms with E-state index in [1.807, 2.05) is 0 Å². The maximum Gasteiger partial charge on any atom is 0.347 e. The Kier molecular flexibility index (Phi) is 14.0. The Hall–Kier alpha value is -5.51. The molecule has 276 valence electrons. The Morgan fingerprint density at radius 2 is 1.51 bits per heavy atom. The van der Waals surface area contributed by atoms with Gasteiger partial charge in [-0.15, -0.1) is 0 Å². The highest BCUT2D eigenvalue weighted by Gasteiger charge is 2.29. The van der Waals surface area contributed by atoms with Crippen molar-refractivity contribution < 1.29 is 57.6 Å². The summed E-state index contributed by atoms with van der Waals surface area (Å²) < 4.78 is 19.9. The minimum absolute atomic E-state index is 0.109. The van der Waals surface area contributed by atoms with E-state index >= 15 is 0 Å². The van der Waals surface area contributed by atoms with Crippen LogP contribution in [-0.4, -0.2) is 101 Å². The number of aryl methyl sites for hydroxylation is 1. The Morgan fingerprint density at radius 3 is 2.14 bits per heavy atom. The van der Waals surface area contributed by atoms with Gasteiger partial charge < -0.3 is 44.6 Å². The maximum absolute atomic E-state index is 13.0. The summed E-state index contributed by atoms with van der Waals surface area (Å²) in [6, 6.07) is 4.55. The zero-order valence-corrected chi connectivity index (χ0v) is 29.7. The van der Waals surface area contributed by atoms with Crippen LogP contribution in [0.4, 0.5) is 5.69 Å². The topological polar surface area (TPSA) is 220 Å². The summed E-state index contributed by atoms with van der Waals surface area (Å²) in [5.41, 5.74) is 3.61. The molecule has 1 aromatic carbocycles. The average molecular weight is 713 g/mol. The molecule has 3 atom stereocenters. The van der Waals surface area contributed by atoms with E-state index in [-0.39, 0.29) is 23.1 Å². The minimum Gasteiger partial charge on any atom is -0.479 e. The van der Waals surface area contributed by atoms with Crippen LogP contribution in [0, 0.1) is 13.8 Å². The molecule has 1 aromatic heterocycles. The van der Waals surface area contributed by atoms with Crippen molar-refractivity contribution in [3.63, 3.8) is 0 Å². The fourth-order valence-corrected chi connectivity index (χ4v) is 5.06. The van der Waals surface area contributed by atoms with Crippen LogP contribution in [-0.2, 0) is 43.0 Å². The van der Waals surface area contributed by atoms with Gasteiger partial charge in [-0.1, -0.05) is 13.8 Å². The van der Waals surface area contributed by atoms with Crippen LogP contribution >= 0.6 is 0 Å². The number of benzene rings is 1. The molecule has 0 radical (unpaired) electrons. The number of carboxylic acids is 1. The number of hydrogen-bond acceptors (Lipinski definition) is 12. The highest BCUT2D eigenvalue weighted by atomic mass is 16.6. The van der Waals surface area contributed by atoms with Gasteiger partial charge in [0.1, 0.15) is 5.75 Å². The number of carboxylic acid groups (broad SMARTS) is 1. The van der Waals surface area contributed by atoms with Gasteiger partial charge in [0.05, 0.1) is 24.0 Å². The third-order valence-corrected chi connectivity index (χ3v) is 8.04. The first-order chi connectivity index (χ1) is 24.1. The third kappa shape index (κ3) is 10.7. The van der Waals surface area contributed by atoms with Crippen molar-refractivity contribution >= 4 is 59.0 Å². The van der Waals surface area contributed by atoms with Gasteiger partial charge in [-0.3, -0.25) is 19.2 Å². The summed E-state index contributed by atoms with van der Waals surface area (Å²) >= 11 is 0. The molecule has 51 heavy (non-hydrogen) atoms. The molecule has 2 heterocycles. The van der Waals surface area contributed by atoms with Crippen molar-refractivity contribution in [2.24, 2.45) is 0 Å². The van der Waals surface area contributed by atoms with Gasteiger partial charge in [0, 0.05) is 35.7 Å². The van der Waals surface area contributed by atoms with Crippen molar-refractivity contribution in [3.8, 4) is 5.75 Å². The molecule has 0 bridgehead atoms. The zero-order valence-electron chi connectivity index (χ0n) is 29.7. The molecule has 2 aromatic rings. The van der Waals surface area contributed by atoms with Gasteiger partial charge in [0.15, 0.2) is 18.3 Å². The number of rotatable bonds is 17. The lowest BCUT2D eigenvalue weighted by molar-refractivity contribution is -0.181. The number of fused-ring (bicyclic) bond motifs is 1. The molecule has 0 fully saturated rings. The molecule has 3 rings (SSSR count). The maximum atomic E-state index is 13.0. The molecular weight excluding hydrogens is 668 g/mol. The Balaban J connectivity index is 1.59. The average Bonchev–Trinajstić information content (AvgIpc) is 3.54. The number of H-pyrrole nitrogens is 1. The van der Waals surface area contributed by atoms with Crippen LogP contribution in [0.1, 0.15) is 80.3 Å². The number of esters is 4. The molecule has 0 spiro atoms. The first kappa shape index (κ1) is 39.9. The lowest BCUT2D eigenvalue weighted by Crippen LogP contribution is -2.35. The predicted molar refractivity (Wildman–Crippen MR) is 182 cm³/mol. The molecule has 16 heteroatoms. The first-order valence-electron chi connectivity index (χ1n) is 16.5. The molecule has 0 saturated heterocycles. The Labute approximate surface area is 294 Å². The summed E-state index contributed by atoms with van der Waals surface area (Å²) in [7, 11) is 0. The lowest BCUT2D eigenvalue weighted by atomic mass is 10.0. The van der Waals surface area contributed by atoms with Crippen molar-refractivity contribution in [2.75, 3.05) is 31.5 Å². The number of amides is 2.